The largest absolute Gasteiger partial charge is 0.341 e. The Bertz CT molecular complexity index is 851. The third-order valence-electron chi connectivity index (χ3n) is 4.66. The third-order valence-corrected chi connectivity index (χ3v) is 4.66. The van der Waals surface area contributed by atoms with Crippen molar-refractivity contribution in [2.75, 3.05) is 18.0 Å². The lowest BCUT2D eigenvalue weighted by Crippen LogP contribution is -2.34. The molecule has 4 heterocycles. The summed E-state index contributed by atoms with van der Waals surface area (Å²) in [5, 5.41) is 0. The molecule has 3 aromatic heterocycles. The minimum atomic E-state index is 0.431. The number of imidazole rings is 1. The smallest absolute Gasteiger partial charge is 0.225 e. The van der Waals surface area contributed by atoms with E-state index in [4.69, 9.17) is 4.98 Å². The average Bonchev–Trinajstić information content (AvgIpc) is 3.08. The molecule has 1 aliphatic rings. The lowest BCUT2D eigenvalue weighted by Gasteiger charge is -2.31. The molecule has 0 aromatic carbocycles. The normalized spacial score (nSPS) is 15.5. The van der Waals surface area contributed by atoms with Gasteiger partial charge in [0.1, 0.15) is 11.5 Å². The predicted molar refractivity (Wildman–Crippen MR) is 95.2 cm³/mol. The molecule has 128 valence electrons. The van der Waals surface area contributed by atoms with Crippen molar-refractivity contribution in [3.63, 3.8) is 0 Å². The highest BCUT2D eigenvalue weighted by Gasteiger charge is 2.24. The van der Waals surface area contributed by atoms with E-state index in [1.165, 1.54) is 0 Å². The molecule has 0 unspecified atom stereocenters. The highest BCUT2D eigenvalue weighted by Crippen LogP contribution is 2.29. The van der Waals surface area contributed by atoms with E-state index in [0.717, 1.165) is 54.9 Å². The zero-order chi connectivity index (χ0) is 17.2. The van der Waals surface area contributed by atoms with Gasteiger partial charge in [-0.15, -0.1) is 0 Å². The first kappa shape index (κ1) is 15.7. The van der Waals surface area contributed by atoms with Crippen molar-refractivity contribution in [1.29, 1.82) is 0 Å². The molecule has 1 fully saturated rings. The van der Waals surface area contributed by atoms with Crippen LogP contribution in [0.3, 0.4) is 0 Å². The van der Waals surface area contributed by atoms with Crippen molar-refractivity contribution in [2.24, 2.45) is 7.05 Å². The van der Waals surface area contributed by atoms with Crippen LogP contribution in [0.25, 0.3) is 11.5 Å². The van der Waals surface area contributed by atoms with Gasteiger partial charge in [0.2, 0.25) is 5.95 Å². The SMILES string of the molecule is Cc1nc(-c2nccn2C)cc(C2CCN(c3ncccn3)CC2)n1. The van der Waals surface area contributed by atoms with E-state index in [0.29, 0.717) is 5.92 Å². The second-order valence-corrected chi connectivity index (χ2v) is 6.40. The molecule has 0 atom stereocenters. The van der Waals surface area contributed by atoms with Crippen molar-refractivity contribution in [3.05, 3.63) is 48.4 Å². The number of aromatic nitrogens is 6. The second kappa shape index (κ2) is 6.58. The Hall–Kier alpha value is -2.83. The van der Waals surface area contributed by atoms with Crippen molar-refractivity contribution in [3.8, 4) is 11.5 Å². The van der Waals surface area contributed by atoms with Gasteiger partial charge in [-0.3, -0.25) is 0 Å². The first-order valence-electron chi connectivity index (χ1n) is 8.56. The molecule has 0 spiro atoms. The van der Waals surface area contributed by atoms with E-state index in [9.17, 15) is 0 Å². The zero-order valence-corrected chi connectivity index (χ0v) is 14.5. The van der Waals surface area contributed by atoms with E-state index < -0.39 is 0 Å². The van der Waals surface area contributed by atoms with E-state index in [1.54, 1.807) is 18.6 Å². The summed E-state index contributed by atoms with van der Waals surface area (Å²) in [6.07, 6.45) is 9.39. The molecular formula is C18H21N7. The van der Waals surface area contributed by atoms with Gasteiger partial charge in [-0.1, -0.05) is 0 Å². The van der Waals surface area contributed by atoms with Gasteiger partial charge >= 0.3 is 0 Å². The fourth-order valence-corrected chi connectivity index (χ4v) is 3.36. The number of hydrogen-bond acceptors (Lipinski definition) is 6. The Balaban J connectivity index is 1.53. The number of nitrogens with zero attached hydrogens (tertiary/aromatic N) is 7. The second-order valence-electron chi connectivity index (χ2n) is 6.40. The molecule has 0 N–H and O–H groups in total. The van der Waals surface area contributed by atoms with Crippen LogP contribution in [-0.2, 0) is 7.05 Å². The van der Waals surface area contributed by atoms with E-state index in [2.05, 4.69) is 30.9 Å². The molecule has 1 aliphatic heterocycles. The molecular weight excluding hydrogens is 314 g/mol. The topological polar surface area (TPSA) is 72.6 Å². The van der Waals surface area contributed by atoms with Gasteiger partial charge in [-0.25, -0.2) is 24.9 Å². The maximum atomic E-state index is 4.70. The van der Waals surface area contributed by atoms with Crippen LogP contribution in [0.1, 0.15) is 30.3 Å². The first-order valence-corrected chi connectivity index (χ1v) is 8.56. The quantitative estimate of drug-likeness (QED) is 0.731. The van der Waals surface area contributed by atoms with Crippen LogP contribution >= 0.6 is 0 Å². The minimum Gasteiger partial charge on any atom is -0.341 e. The van der Waals surface area contributed by atoms with Gasteiger partial charge in [-0.05, 0) is 31.9 Å². The van der Waals surface area contributed by atoms with Crippen molar-refractivity contribution >= 4 is 5.95 Å². The van der Waals surface area contributed by atoms with Crippen LogP contribution in [-0.4, -0.2) is 42.6 Å². The summed E-state index contributed by atoms with van der Waals surface area (Å²) in [5.41, 5.74) is 2.00. The van der Waals surface area contributed by atoms with Gasteiger partial charge in [-0.2, -0.15) is 0 Å². The van der Waals surface area contributed by atoms with Crippen molar-refractivity contribution in [2.45, 2.75) is 25.7 Å². The van der Waals surface area contributed by atoms with Gasteiger partial charge in [0.25, 0.3) is 0 Å². The third kappa shape index (κ3) is 3.22. The maximum Gasteiger partial charge on any atom is 0.225 e. The molecule has 0 bridgehead atoms. The molecule has 1 saturated heterocycles. The molecule has 4 rings (SSSR count). The van der Waals surface area contributed by atoms with Gasteiger partial charge in [0, 0.05) is 56.5 Å². The Morgan fingerprint density at radius 3 is 2.44 bits per heavy atom. The van der Waals surface area contributed by atoms with Crippen LogP contribution in [0, 0.1) is 6.92 Å². The summed E-state index contributed by atoms with van der Waals surface area (Å²) in [4.78, 5) is 24.6. The Kier molecular flexibility index (Phi) is 4.13. The monoisotopic (exact) mass is 335 g/mol. The van der Waals surface area contributed by atoms with Crippen LogP contribution in [0.4, 0.5) is 5.95 Å². The Morgan fingerprint density at radius 1 is 1.00 bits per heavy atom. The molecule has 3 aromatic rings. The average molecular weight is 335 g/mol. The molecule has 0 radical (unpaired) electrons. The van der Waals surface area contributed by atoms with E-state index >= 15 is 0 Å². The Labute approximate surface area is 146 Å². The summed E-state index contributed by atoms with van der Waals surface area (Å²) in [6, 6.07) is 3.94. The molecule has 25 heavy (non-hydrogen) atoms. The summed E-state index contributed by atoms with van der Waals surface area (Å²) < 4.78 is 1.99. The molecule has 7 heteroatoms. The lowest BCUT2D eigenvalue weighted by atomic mass is 9.93. The van der Waals surface area contributed by atoms with Crippen molar-refractivity contribution in [1.82, 2.24) is 29.5 Å². The molecule has 0 saturated carbocycles. The minimum absolute atomic E-state index is 0.431. The Morgan fingerprint density at radius 2 is 1.76 bits per heavy atom. The van der Waals surface area contributed by atoms with E-state index in [-0.39, 0.29) is 0 Å². The van der Waals surface area contributed by atoms with Crippen molar-refractivity contribution < 1.29 is 0 Å². The fourth-order valence-electron chi connectivity index (χ4n) is 3.36. The van der Waals surface area contributed by atoms with Crippen LogP contribution in [0.15, 0.2) is 36.9 Å². The highest BCUT2D eigenvalue weighted by molar-refractivity contribution is 5.50. The van der Waals surface area contributed by atoms with E-state index in [1.807, 2.05) is 30.8 Å². The van der Waals surface area contributed by atoms with Gasteiger partial charge < -0.3 is 9.47 Å². The number of hydrogen-bond donors (Lipinski definition) is 0. The highest BCUT2D eigenvalue weighted by atomic mass is 15.2. The first-order chi connectivity index (χ1) is 12.2. The molecule has 7 nitrogen and oxygen atoms in total. The summed E-state index contributed by atoms with van der Waals surface area (Å²) in [5.74, 6) is 2.92. The lowest BCUT2D eigenvalue weighted by molar-refractivity contribution is 0.489. The number of rotatable bonds is 3. The number of piperidine rings is 1. The zero-order valence-electron chi connectivity index (χ0n) is 14.5. The van der Waals surface area contributed by atoms with Crippen LogP contribution in [0.5, 0.6) is 0 Å². The standard InChI is InChI=1S/C18H21N7/c1-13-22-15(12-16(23-13)17-19-8-11-24(17)2)14-4-9-25(10-5-14)18-20-6-3-7-21-18/h3,6-8,11-12,14H,4-5,9-10H2,1-2H3. The summed E-state index contributed by atoms with van der Waals surface area (Å²) in [6.45, 7) is 3.83. The predicted octanol–water partition coefficient (Wildman–Crippen LogP) is 2.36. The van der Waals surface area contributed by atoms with Gasteiger partial charge in [0.15, 0.2) is 5.82 Å². The summed E-state index contributed by atoms with van der Waals surface area (Å²) in [7, 11) is 1.98. The fraction of sp³-hybridized carbons (Fsp3) is 0.389. The molecule has 0 amide bonds. The molecule has 0 aliphatic carbocycles. The maximum absolute atomic E-state index is 4.70. The van der Waals surface area contributed by atoms with Crippen LogP contribution in [0.2, 0.25) is 0 Å². The summed E-state index contributed by atoms with van der Waals surface area (Å²) >= 11 is 0. The number of aryl methyl sites for hydroxylation is 2. The van der Waals surface area contributed by atoms with Crippen LogP contribution < -0.4 is 4.90 Å². The van der Waals surface area contributed by atoms with Gasteiger partial charge in [0.05, 0.1) is 0 Å². The number of anilines is 1.